The van der Waals surface area contributed by atoms with E-state index in [0.29, 0.717) is 24.6 Å². The minimum absolute atomic E-state index is 0.111. The molecule has 0 atom stereocenters. The van der Waals surface area contributed by atoms with Gasteiger partial charge in [0.25, 0.3) is 0 Å². The van der Waals surface area contributed by atoms with E-state index in [-0.39, 0.29) is 12.6 Å². The normalized spacial score (nSPS) is 17.3. The second kappa shape index (κ2) is 3.83. The van der Waals surface area contributed by atoms with Gasteiger partial charge >= 0.3 is 6.03 Å². The maximum Gasteiger partial charge on any atom is 0.330 e. The molecule has 0 radical (unpaired) electrons. The van der Waals surface area contributed by atoms with Crippen LogP contribution in [0.25, 0.3) is 0 Å². The van der Waals surface area contributed by atoms with Crippen molar-refractivity contribution in [2.75, 3.05) is 24.5 Å². The van der Waals surface area contributed by atoms with Crippen molar-refractivity contribution in [2.24, 2.45) is 10.7 Å². The Morgan fingerprint density at radius 2 is 2.17 bits per heavy atom. The summed E-state index contributed by atoms with van der Waals surface area (Å²) >= 11 is 0. The lowest BCUT2D eigenvalue weighted by atomic mass is 10.1. The average Bonchev–Trinajstić information content (AvgIpc) is 2.83. The van der Waals surface area contributed by atoms with E-state index >= 15 is 0 Å². The molecule has 18 heavy (non-hydrogen) atoms. The Morgan fingerprint density at radius 3 is 2.94 bits per heavy atom. The fourth-order valence-corrected chi connectivity index (χ4v) is 2.32. The first kappa shape index (κ1) is 10.8. The van der Waals surface area contributed by atoms with Crippen LogP contribution in [0.5, 0.6) is 0 Å². The van der Waals surface area contributed by atoms with Crippen molar-refractivity contribution >= 4 is 23.5 Å². The highest BCUT2D eigenvalue weighted by Crippen LogP contribution is 2.30. The summed E-state index contributed by atoms with van der Waals surface area (Å²) in [4.78, 5) is 30.7. The van der Waals surface area contributed by atoms with Crippen LogP contribution in [-0.4, -0.2) is 42.3 Å². The third kappa shape index (κ3) is 1.46. The molecular weight excluding hydrogens is 232 g/mol. The van der Waals surface area contributed by atoms with E-state index in [1.165, 1.54) is 4.90 Å². The monoisotopic (exact) mass is 244 g/mol. The fraction of sp³-hybridized carbons (Fsp3) is 0.250. The van der Waals surface area contributed by atoms with Crippen LogP contribution in [0.3, 0.4) is 0 Å². The Kier molecular flexibility index (Phi) is 2.29. The van der Waals surface area contributed by atoms with Gasteiger partial charge in [-0.05, 0) is 12.1 Å². The van der Waals surface area contributed by atoms with Crippen molar-refractivity contribution in [2.45, 2.75) is 0 Å². The Balaban J connectivity index is 2.12. The van der Waals surface area contributed by atoms with Gasteiger partial charge in [-0.3, -0.25) is 19.6 Å². The van der Waals surface area contributed by atoms with Gasteiger partial charge < -0.3 is 5.73 Å². The number of primary amides is 1. The number of aliphatic imine (C=N–C) groups is 1. The van der Waals surface area contributed by atoms with Crippen LogP contribution in [0.1, 0.15) is 5.56 Å². The summed E-state index contributed by atoms with van der Waals surface area (Å²) in [6, 6.07) is 7.17. The number of hydrogen-bond donors (Lipinski definition) is 1. The molecular formula is C12H12N4O2. The minimum Gasteiger partial charge on any atom is -0.368 e. The van der Waals surface area contributed by atoms with Crippen LogP contribution < -0.4 is 10.6 Å². The van der Waals surface area contributed by atoms with E-state index in [1.54, 1.807) is 11.0 Å². The minimum atomic E-state index is -0.530. The number of carbonyl (C=O) groups is 2. The highest BCUT2D eigenvalue weighted by atomic mass is 16.2. The Bertz CT molecular complexity index is 567. The molecule has 0 saturated carbocycles. The molecule has 0 bridgehead atoms. The molecule has 2 heterocycles. The van der Waals surface area contributed by atoms with Gasteiger partial charge in [-0.25, -0.2) is 4.79 Å². The third-order valence-corrected chi connectivity index (χ3v) is 3.05. The molecule has 2 N–H and O–H groups in total. The molecule has 0 fully saturated rings. The molecule has 3 amide bonds. The van der Waals surface area contributed by atoms with E-state index in [0.717, 1.165) is 5.56 Å². The molecule has 92 valence electrons. The number of anilines is 1. The Labute approximate surface area is 104 Å². The Hall–Kier alpha value is -2.37. The number of benzene rings is 1. The molecule has 0 spiro atoms. The lowest BCUT2D eigenvalue weighted by Gasteiger charge is -2.34. The number of urea groups is 1. The number of carbonyl (C=O) groups excluding carboxylic acids is 2. The summed E-state index contributed by atoms with van der Waals surface area (Å²) in [5, 5.41) is 0. The predicted molar refractivity (Wildman–Crippen MR) is 66.5 cm³/mol. The van der Waals surface area contributed by atoms with Gasteiger partial charge in [0.1, 0.15) is 12.4 Å². The first-order chi connectivity index (χ1) is 8.68. The number of nitrogens with two attached hydrogens (primary N) is 1. The van der Waals surface area contributed by atoms with Crippen LogP contribution in [0.15, 0.2) is 29.3 Å². The van der Waals surface area contributed by atoms with Crippen LogP contribution in [0, 0.1) is 0 Å². The van der Waals surface area contributed by atoms with Crippen LogP contribution in [-0.2, 0) is 4.79 Å². The van der Waals surface area contributed by atoms with Gasteiger partial charge in [-0.15, -0.1) is 0 Å². The summed E-state index contributed by atoms with van der Waals surface area (Å²) in [6.07, 6.45) is 0. The van der Waals surface area contributed by atoms with Crippen molar-refractivity contribution in [3.05, 3.63) is 29.8 Å². The maximum absolute atomic E-state index is 12.3. The van der Waals surface area contributed by atoms with Crippen molar-refractivity contribution < 1.29 is 9.59 Å². The largest absolute Gasteiger partial charge is 0.368 e. The summed E-state index contributed by atoms with van der Waals surface area (Å²) < 4.78 is 0. The van der Waals surface area contributed by atoms with Gasteiger partial charge in [0.15, 0.2) is 0 Å². The first-order valence-corrected chi connectivity index (χ1v) is 5.69. The molecule has 6 heteroatoms. The molecule has 1 aromatic rings. The molecule has 0 aliphatic carbocycles. The third-order valence-electron chi connectivity index (χ3n) is 3.05. The SMILES string of the molecule is NC(=O)CN1C(=O)N2CCN=C2c2ccccc21. The highest BCUT2D eigenvalue weighted by molar-refractivity contribution is 6.20. The summed E-state index contributed by atoms with van der Waals surface area (Å²) in [5.74, 6) is 0.161. The van der Waals surface area contributed by atoms with Crippen LogP contribution in [0.4, 0.5) is 10.5 Å². The van der Waals surface area contributed by atoms with Gasteiger partial charge in [0.2, 0.25) is 5.91 Å². The zero-order chi connectivity index (χ0) is 12.7. The van der Waals surface area contributed by atoms with Crippen molar-refractivity contribution in [3.63, 3.8) is 0 Å². The lowest BCUT2D eigenvalue weighted by Crippen LogP contribution is -2.52. The average molecular weight is 244 g/mol. The quantitative estimate of drug-likeness (QED) is 0.805. The summed E-state index contributed by atoms with van der Waals surface area (Å²) in [7, 11) is 0. The van der Waals surface area contributed by atoms with Gasteiger partial charge in [0, 0.05) is 12.1 Å². The number of rotatable bonds is 2. The topological polar surface area (TPSA) is 79.0 Å². The number of amides is 3. The zero-order valence-electron chi connectivity index (χ0n) is 9.67. The first-order valence-electron chi connectivity index (χ1n) is 5.69. The molecule has 2 aliphatic heterocycles. The zero-order valence-corrected chi connectivity index (χ0v) is 9.67. The van der Waals surface area contributed by atoms with Crippen LogP contribution in [0.2, 0.25) is 0 Å². The number of hydrogen-bond acceptors (Lipinski definition) is 3. The highest BCUT2D eigenvalue weighted by Gasteiger charge is 2.37. The lowest BCUT2D eigenvalue weighted by molar-refractivity contribution is -0.116. The van der Waals surface area contributed by atoms with Gasteiger partial charge in [-0.1, -0.05) is 12.1 Å². The number of fused-ring (bicyclic) bond motifs is 3. The Morgan fingerprint density at radius 1 is 1.39 bits per heavy atom. The fourth-order valence-electron chi connectivity index (χ4n) is 2.32. The maximum atomic E-state index is 12.3. The van der Waals surface area contributed by atoms with Gasteiger partial charge in [0.05, 0.1) is 12.2 Å². The smallest absolute Gasteiger partial charge is 0.330 e. The predicted octanol–water partition coefficient (Wildman–Crippen LogP) is 0.174. The van der Waals surface area contributed by atoms with Crippen molar-refractivity contribution in [3.8, 4) is 0 Å². The van der Waals surface area contributed by atoms with E-state index < -0.39 is 5.91 Å². The van der Waals surface area contributed by atoms with Crippen LogP contribution >= 0.6 is 0 Å². The van der Waals surface area contributed by atoms with E-state index in [9.17, 15) is 9.59 Å². The number of nitrogens with zero attached hydrogens (tertiary/aromatic N) is 3. The molecule has 1 aromatic carbocycles. The van der Waals surface area contributed by atoms with Gasteiger partial charge in [-0.2, -0.15) is 0 Å². The second-order valence-electron chi connectivity index (χ2n) is 4.21. The van der Waals surface area contributed by atoms with Crippen molar-refractivity contribution in [1.29, 1.82) is 0 Å². The van der Waals surface area contributed by atoms with E-state index in [2.05, 4.69) is 4.99 Å². The second-order valence-corrected chi connectivity index (χ2v) is 4.21. The summed E-state index contributed by atoms with van der Waals surface area (Å²) in [5.41, 5.74) is 6.76. The van der Waals surface area contributed by atoms with E-state index in [1.807, 2.05) is 18.2 Å². The van der Waals surface area contributed by atoms with Crippen molar-refractivity contribution in [1.82, 2.24) is 4.90 Å². The standard InChI is InChI=1S/C12H12N4O2/c13-10(17)7-16-9-4-2-1-3-8(9)11-14-5-6-15(11)12(16)18/h1-4H,5-7H2,(H2,13,17). The number of amidine groups is 1. The number of para-hydroxylation sites is 1. The molecule has 0 saturated heterocycles. The molecule has 6 nitrogen and oxygen atoms in total. The van der Waals surface area contributed by atoms with E-state index in [4.69, 9.17) is 5.73 Å². The molecule has 0 unspecified atom stereocenters. The molecule has 3 rings (SSSR count). The molecule has 2 aliphatic rings. The summed E-state index contributed by atoms with van der Waals surface area (Å²) in [6.45, 7) is 1.04. The molecule has 0 aromatic heterocycles.